The van der Waals surface area contributed by atoms with Gasteiger partial charge in [-0.05, 0) is 23.6 Å². The second-order valence-electron chi connectivity index (χ2n) is 6.20. The van der Waals surface area contributed by atoms with Crippen LogP contribution in [0.2, 0.25) is 0 Å². The van der Waals surface area contributed by atoms with E-state index < -0.39 is 0 Å². The molecule has 136 valence electrons. The maximum absolute atomic E-state index is 6.29. The van der Waals surface area contributed by atoms with Gasteiger partial charge >= 0.3 is 0 Å². The molecule has 6 heteroatoms. The number of hydrogen-bond donors (Lipinski definition) is 2. The first kappa shape index (κ1) is 17.6. The van der Waals surface area contributed by atoms with Gasteiger partial charge in [-0.15, -0.1) is 10.2 Å². The molecule has 0 spiro atoms. The number of benzene rings is 2. The summed E-state index contributed by atoms with van der Waals surface area (Å²) in [6.07, 6.45) is 6.79. The third kappa shape index (κ3) is 4.30. The molecule has 0 aliphatic carbocycles. The average Bonchev–Trinajstić information content (AvgIpc) is 3.34. The summed E-state index contributed by atoms with van der Waals surface area (Å²) >= 11 is 1.50. The van der Waals surface area contributed by atoms with E-state index in [1.807, 2.05) is 36.5 Å². The van der Waals surface area contributed by atoms with Crippen molar-refractivity contribution in [3.8, 4) is 0 Å². The van der Waals surface area contributed by atoms with Gasteiger partial charge in [0.1, 0.15) is 0 Å². The molecule has 0 saturated heterocycles. The molecule has 0 bridgehead atoms. The smallest absolute Gasteiger partial charge is 0.276 e. The van der Waals surface area contributed by atoms with E-state index in [2.05, 4.69) is 51.6 Å². The molecule has 4 rings (SSSR count). The van der Waals surface area contributed by atoms with Crippen molar-refractivity contribution in [2.45, 2.75) is 17.7 Å². The van der Waals surface area contributed by atoms with E-state index in [0.717, 1.165) is 16.8 Å². The Labute approximate surface area is 161 Å². The van der Waals surface area contributed by atoms with Crippen LogP contribution in [-0.2, 0) is 6.42 Å². The molecule has 0 amide bonds. The van der Waals surface area contributed by atoms with Crippen molar-refractivity contribution in [1.29, 1.82) is 0 Å². The predicted molar refractivity (Wildman–Crippen MR) is 109 cm³/mol. The van der Waals surface area contributed by atoms with Gasteiger partial charge in [0, 0.05) is 22.9 Å². The highest BCUT2D eigenvalue weighted by Crippen LogP contribution is 2.24. The number of fused-ring (bicyclic) bond motifs is 1. The highest BCUT2D eigenvalue weighted by molar-refractivity contribution is 7.99. The summed E-state index contributed by atoms with van der Waals surface area (Å²) in [5, 5.41) is 9.93. The first-order chi connectivity index (χ1) is 13.3. The van der Waals surface area contributed by atoms with Crippen molar-refractivity contribution < 1.29 is 4.42 Å². The number of aromatic amines is 1. The summed E-state index contributed by atoms with van der Waals surface area (Å²) < 4.78 is 5.73. The molecule has 3 N–H and O–H groups in total. The Morgan fingerprint density at radius 2 is 1.89 bits per heavy atom. The van der Waals surface area contributed by atoms with Gasteiger partial charge in [0.2, 0.25) is 5.89 Å². The lowest BCUT2D eigenvalue weighted by Gasteiger charge is -2.05. The minimum atomic E-state index is -0.328. The van der Waals surface area contributed by atoms with Crippen LogP contribution < -0.4 is 5.73 Å². The van der Waals surface area contributed by atoms with Crippen molar-refractivity contribution in [1.82, 2.24) is 15.2 Å². The monoisotopic (exact) mass is 376 g/mol. The average molecular weight is 376 g/mol. The fraction of sp³-hybridized carbons (Fsp3) is 0.143. The van der Waals surface area contributed by atoms with E-state index in [0.29, 0.717) is 17.5 Å². The number of nitrogens with two attached hydrogens (primary N) is 1. The Balaban J connectivity index is 1.35. The maximum Gasteiger partial charge on any atom is 0.276 e. The van der Waals surface area contributed by atoms with Crippen LogP contribution >= 0.6 is 11.8 Å². The number of aromatic nitrogens is 3. The van der Waals surface area contributed by atoms with Gasteiger partial charge in [0.15, 0.2) is 0 Å². The van der Waals surface area contributed by atoms with Gasteiger partial charge in [-0.2, -0.15) is 0 Å². The molecule has 0 radical (unpaired) electrons. The zero-order valence-corrected chi connectivity index (χ0v) is 15.5. The van der Waals surface area contributed by atoms with Gasteiger partial charge in [-0.3, -0.25) is 0 Å². The number of hydrogen-bond acceptors (Lipinski definition) is 5. The van der Waals surface area contributed by atoms with Gasteiger partial charge in [-0.1, -0.05) is 72.4 Å². The van der Waals surface area contributed by atoms with Crippen molar-refractivity contribution in [3.05, 3.63) is 83.9 Å². The summed E-state index contributed by atoms with van der Waals surface area (Å²) in [6, 6.07) is 18.0. The molecular formula is C21H20N4OS. The van der Waals surface area contributed by atoms with Crippen LogP contribution in [0, 0.1) is 0 Å². The summed E-state index contributed by atoms with van der Waals surface area (Å²) in [5.41, 5.74) is 9.71. The normalized spacial score (nSPS) is 12.8. The fourth-order valence-corrected chi connectivity index (χ4v) is 3.50. The van der Waals surface area contributed by atoms with E-state index in [9.17, 15) is 0 Å². The van der Waals surface area contributed by atoms with Gasteiger partial charge in [0.05, 0.1) is 6.04 Å². The van der Waals surface area contributed by atoms with Crippen molar-refractivity contribution in [3.63, 3.8) is 0 Å². The number of nitrogens with zero attached hydrogens (tertiary/aromatic N) is 2. The molecule has 1 atom stereocenters. The van der Waals surface area contributed by atoms with Crippen LogP contribution in [-0.4, -0.2) is 20.9 Å². The summed E-state index contributed by atoms with van der Waals surface area (Å²) in [5.74, 6) is 1.23. The Morgan fingerprint density at radius 1 is 1.07 bits per heavy atom. The zero-order valence-electron chi connectivity index (χ0n) is 14.7. The molecule has 5 nitrogen and oxygen atoms in total. The molecular weight excluding hydrogens is 356 g/mol. The third-order valence-electron chi connectivity index (χ3n) is 4.27. The predicted octanol–water partition coefficient (Wildman–Crippen LogP) is 4.60. The minimum Gasteiger partial charge on any atom is -0.414 e. The summed E-state index contributed by atoms with van der Waals surface area (Å²) in [7, 11) is 0. The first-order valence-corrected chi connectivity index (χ1v) is 9.76. The van der Waals surface area contributed by atoms with Crippen molar-refractivity contribution in [2.24, 2.45) is 5.73 Å². The molecule has 2 aromatic carbocycles. The largest absolute Gasteiger partial charge is 0.414 e. The van der Waals surface area contributed by atoms with Crippen LogP contribution in [0.4, 0.5) is 0 Å². The molecule has 2 aromatic heterocycles. The Hall–Kier alpha value is -2.83. The molecule has 0 aliphatic heterocycles. The standard InChI is InChI=1S/C21H20N4OS/c22-18(13-16-14-23-19-11-5-4-10-17(16)19)20-24-25-21(26-20)27-12-6-9-15-7-2-1-3-8-15/h1-11,14,18,23H,12-13,22H2/b9-6+/t18-/m1/s1. The van der Waals surface area contributed by atoms with Crippen LogP contribution in [0.25, 0.3) is 17.0 Å². The molecule has 2 heterocycles. The van der Waals surface area contributed by atoms with E-state index >= 15 is 0 Å². The number of thioether (sulfide) groups is 1. The van der Waals surface area contributed by atoms with Gasteiger partial charge < -0.3 is 15.1 Å². The van der Waals surface area contributed by atoms with Crippen LogP contribution in [0.15, 0.2) is 76.5 Å². The maximum atomic E-state index is 6.29. The molecule has 0 aliphatic rings. The molecule has 0 unspecified atom stereocenters. The molecule has 27 heavy (non-hydrogen) atoms. The van der Waals surface area contributed by atoms with E-state index in [1.165, 1.54) is 22.7 Å². The Kier molecular flexibility index (Phi) is 5.37. The first-order valence-electron chi connectivity index (χ1n) is 8.78. The number of rotatable bonds is 7. The van der Waals surface area contributed by atoms with Gasteiger partial charge in [0.25, 0.3) is 5.22 Å². The van der Waals surface area contributed by atoms with Crippen LogP contribution in [0.3, 0.4) is 0 Å². The van der Waals surface area contributed by atoms with Gasteiger partial charge in [-0.25, -0.2) is 0 Å². The number of H-pyrrole nitrogens is 1. The van der Waals surface area contributed by atoms with E-state index in [1.54, 1.807) is 0 Å². The Bertz CT molecular complexity index is 1040. The summed E-state index contributed by atoms with van der Waals surface area (Å²) in [4.78, 5) is 3.26. The van der Waals surface area contributed by atoms with Crippen molar-refractivity contribution >= 4 is 28.7 Å². The third-order valence-corrected chi connectivity index (χ3v) is 5.04. The van der Waals surface area contributed by atoms with E-state index in [-0.39, 0.29) is 6.04 Å². The highest BCUT2D eigenvalue weighted by atomic mass is 32.2. The minimum absolute atomic E-state index is 0.328. The lowest BCUT2D eigenvalue weighted by atomic mass is 10.1. The van der Waals surface area contributed by atoms with Crippen LogP contribution in [0.5, 0.6) is 0 Å². The quantitative estimate of drug-likeness (QED) is 0.461. The lowest BCUT2D eigenvalue weighted by Crippen LogP contribution is -2.13. The van der Waals surface area contributed by atoms with E-state index in [4.69, 9.17) is 10.2 Å². The number of para-hydroxylation sites is 1. The molecule has 0 fully saturated rings. The zero-order chi connectivity index (χ0) is 18.5. The fourth-order valence-electron chi connectivity index (χ4n) is 2.92. The molecule has 4 aromatic rings. The topological polar surface area (TPSA) is 80.7 Å². The SMILES string of the molecule is N[C@H](Cc1c[nH]c2ccccc12)c1nnc(SC/C=C/c2ccccc2)o1. The lowest BCUT2D eigenvalue weighted by molar-refractivity contribution is 0.386. The second kappa shape index (κ2) is 8.24. The Morgan fingerprint density at radius 3 is 2.78 bits per heavy atom. The van der Waals surface area contributed by atoms with Crippen molar-refractivity contribution in [2.75, 3.05) is 5.75 Å². The highest BCUT2D eigenvalue weighted by Gasteiger charge is 2.17. The van der Waals surface area contributed by atoms with Crippen LogP contribution in [0.1, 0.15) is 23.1 Å². The summed E-state index contributed by atoms with van der Waals surface area (Å²) in [6.45, 7) is 0. The second-order valence-corrected chi connectivity index (χ2v) is 7.17. The number of nitrogens with one attached hydrogen (secondary N) is 1. The molecule has 0 saturated carbocycles.